The minimum Gasteiger partial charge on any atom is -0.379 e. The number of hydrogen-bond acceptors (Lipinski definition) is 3. The van der Waals surface area contributed by atoms with Crippen molar-refractivity contribution in [1.82, 2.24) is 0 Å². The quantitative estimate of drug-likeness (QED) is 0.626. The van der Waals surface area contributed by atoms with E-state index in [-0.39, 0.29) is 11.8 Å². The molecule has 12 heavy (non-hydrogen) atoms. The first-order valence-electron chi connectivity index (χ1n) is 4.09. The van der Waals surface area contributed by atoms with Gasteiger partial charge in [0.2, 0.25) is 0 Å². The topological polar surface area (TPSA) is 52.3 Å². The van der Waals surface area contributed by atoms with Crippen molar-refractivity contribution in [1.29, 1.82) is 0 Å². The molecule has 0 bridgehead atoms. The van der Waals surface area contributed by atoms with Crippen LogP contribution in [0.1, 0.15) is 13.3 Å². The van der Waals surface area contributed by atoms with Crippen LogP contribution < -0.4 is 5.73 Å². The first-order valence-corrected chi connectivity index (χ1v) is 4.09. The number of carbonyl (C=O) groups is 1. The normalized spacial score (nSPS) is 35.0. The Morgan fingerprint density at radius 3 is 3.00 bits per heavy atom. The highest BCUT2D eigenvalue weighted by Crippen LogP contribution is 2.29. The standard InChI is InChI=1S/C9H15NO2/c1-3-4-8(11)9(2)6-12-5-7(9)10/h3,7H,1,4-6,10H2,2H3. The fourth-order valence-corrected chi connectivity index (χ4v) is 1.34. The maximum atomic E-state index is 11.5. The van der Waals surface area contributed by atoms with Gasteiger partial charge in [0.25, 0.3) is 0 Å². The van der Waals surface area contributed by atoms with Gasteiger partial charge in [0.05, 0.1) is 18.6 Å². The lowest BCUT2D eigenvalue weighted by Gasteiger charge is -2.24. The molecule has 2 N–H and O–H groups in total. The summed E-state index contributed by atoms with van der Waals surface area (Å²) < 4.78 is 5.16. The molecule has 1 saturated heterocycles. The van der Waals surface area contributed by atoms with Crippen LogP contribution >= 0.6 is 0 Å². The summed E-state index contributed by atoms with van der Waals surface area (Å²) in [5.74, 6) is 0.127. The van der Waals surface area contributed by atoms with Gasteiger partial charge in [0.1, 0.15) is 5.78 Å². The van der Waals surface area contributed by atoms with E-state index < -0.39 is 5.41 Å². The number of carbonyl (C=O) groups excluding carboxylic acids is 1. The zero-order chi connectivity index (χ0) is 9.19. The lowest BCUT2D eigenvalue weighted by atomic mass is 9.80. The van der Waals surface area contributed by atoms with Crippen LogP contribution in [-0.4, -0.2) is 25.0 Å². The van der Waals surface area contributed by atoms with Gasteiger partial charge in [-0.2, -0.15) is 0 Å². The highest BCUT2D eigenvalue weighted by atomic mass is 16.5. The molecule has 68 valence electrons. The first kappa shape index (κ1) is 9.42. The van der Waals surface area contributed by atoms with Gasteiger partial charge in [-0.3, -0.25) is 4.79 Å². The van der Waals surface area contributed by atoms with Crippen LogP contribution in [0.2, 0.25) is 0 Å². The van der Waals surface area contributed by atoms with Crippen LogP contribution in [0.4, 0.5) is 0 Å². The molecule has 0 aromatic carbocycles. The molecule has 0 aliphatic carbocycles. The van der Waals surface area contributed by atoms with Gasteiger partial charge in [0.15, 0.2) is 0 Å². The van der Waals surface area contributed by atoms with Gasteiger partial charge in [-0.05, 0) is 6.92 Å². The van der Waals surface area contributed by atoms with E-state index >= 15 is 0 Å². The highest BCUT2D eigenvalue weighted by molar-refractivity contribution is 5.86. The molecule has 2 atom stereocenters. The van der Waals surface area contributed by atoms with E-state index in [0.717, 1.165) is 0 Å². The Morgan fingerprint density at radius 2 is 2.58 bits per heavy atom. The molecule has 0 radical (unpaired) electrons. The van der Waals surface area contributed by atoms with Crippen molar-refractivity contribution in [3.05, 3.63) is 12.7 Å². The molecule has 1 aliphatic heterocycles. The Labute approximate surface area is 72.6 Å². The largest absolute Gasteiger partial charge is 0.379 e. The molecule has 1 fully saturated rings. The van der Waals surface area contributed by atoms with E-state index in [1.807, 2.05) is 6.92 Å². The molecule has 0 saturated carbocycles. The van der Waals surface area contributed by atoms with Gasteiger partial charge in [-0.15, -0.1) is 6.58 Å². The Balaban J connectivity index is 2.69. The summed E-state index contributed by atoms with van der Waals surface area (Å²) in [6.45, 7) is 6.31. The molecule has 1 heterocycles. The van der Waals surface area contributed by atoms with Crippen molar-refractivity contribution in [2.24, 2.45) is 11.1 Å². The number of hydrogen-bond donors (Lipinski definition) is 1. The van der Waals surface area contributed by atoms with E-state index in [9.17, 15) is 4.79 Å². The molecule has 2 unspecified atom stereocenters. The van der Waals surface area contributed by atoms with Crippen LogP contribution in [0, 0.1) is 5.41 Å². The van der Waals surface area contributed by atoms with Gasteiger partial charge >= 0.3 is 0 Å². The monoisotopic (exact) mass is 169 g/mol. The predicted molar refractivity (Wildman–Crippen MR) is 46.7 cm³/mol. The molecule has 0 amide bonds. The van der Waals surface area contributed by atoms with Crippen LogP contribution in [0.15, 0.2) is 12.7 Å². The van der Waals surface area contributed by atoms with Crippen LogP contribution in [0.5, 0.6) is 0 Å². The Hall–Kier alpha value is -0.670. The van der Waals surface area contributed by atoms with Crippen molar-refractivity contribution < 1.29 is 9.53 Å². The molecule has 3 nitrogen and oxygen atoms in total. The molecule has 0 aromatic rings. The maximum absolute atomic E-state index is 11.5. The van der Waals surface area contributed by atoms with Crippen molar-refractivity contribution in [2.75, 3.05) is 13.2 Å². The van der Waals surface area contributed by atoms with Crippen LogP contribution in [0.25, 0.3) is 0 Å². The SMILES string of the molecule is C=CCC(=O)C1(C)COCC1N. The third-order valence-corrected chi connectivity index (χ3v) is 2.48. The molecule has 0 aromatic heterocycles. The minimum atomic E-state index is -0.492. The Kier molecular flexibility index (Phi) is 2.65. The fourth-order valence-electron chi connectivity index (χ4n) is 1.34. The zero-order valence-electron chi connectivity index (χ0n) is 7.38. The molecule has 3 heteroatoms. The van der Waals surface area contributed by atoms with E-state index in [0.29, 0.717) is 19.6 Å². The van der Waals surface area contributed by atoms with E-state index in [2.05, 4.69) is 6.58 Å². The van der Waals surface area contributed by atoms with Gasteiger partial charge < -0.3 is 10.5 Å². The smallest absolute Gasteiger partial charge is 0.146 e. The summed E-state index contributed by atoms with van der Waals surface area (Å²) in [5, 5.41) is 0. The number of allylic oxidation sites excluding steroid dienone is 1. The third-order valence-electron chi connectivity index (χ3n) is 2.48. The van der Waals surface area contributed by atoms with E-state index in [4.69, 9.17) is 10.5 Å². The Morgan fingerprint density at radius 1 is 1.92 bits per heavy atom. The molecule has 1 rings (SSSR count). The van der Waals surface area contributed by atoms with Crippen LogP contribution in [0.3, 0.4) is 0 Å². The van der Waals surface area contributed by atoms with E-state index in [1.165, 1.54) is 0 Å². The fraction of sp³-hybridized carbons (Fsp3) is 0.667. The average molecular weight is 169 g/mol. The summed E-state index contributed by atoms with van der Waals surface area (Å²) in [6, 6.07) is -0.162. The molecule has 1 aliphatic rings. The second kappa shape index (κ2) is 3.37. The number of rotatable bonds is 3. The molecular weight excluding hydrogens is 154 g/mol. The van der Waals surface area contributed by atoms with Crippen molar-refractivity contribution in [2.45, 2.75) is 19.4 Å². The lowest BCUT2D eigenvalue weighted by molar-refractivity contribution is -0.127. The van der Waals surface area contributed by atoms with Crippen molar-refractivity contribution in [3.8, 4) is 0 Å². The first-order chi connectivity index (χ1) is 5.61. The van der Waals surface area contributed by atoms with Gasteiger partial charge in [-0.25, -0.2) is 0 Å². The third kappa shape index (κ3) is 1.42. The maximum Gasteiger partial charge on any atom is 0.146 e. The summed E-state index contributed by atoms with van der Waals surface area (Å²) in [7, 11) is 0. The minimum absolute atomic E-state index is 0.127. The van der Waals surface area contributed by atoms with Gasteiger partial charge in [0, 0.05) is 12.5 Å². The predicted octanol–water partition coefficient (Wildman–Crippen LogP) is 0.495. The molecule has 0 spiro atoms. The number of ether oxygens (including phenoxy) is 1. The number of nitrogens with two attached hydrogens (primary N) is 1. The second-order valence-corrected chi connectivity index (χ2v) is 3.46. The van der Waals surface area contributed by atoms with E-state index in [1.54, 1.807) is 6.08 Å². The Bertz CT molecular complexity index is 203. The van der Waals surface area contributed by atoms with Crippen molar-refractivity contribution in [3.63, 3.8) is 0 Å². The number of Topliss-reactive ketones (excluding diaryl/α,β-unsaturated/α-hetero) is 1. The molecular formula is C9H15NO2. The van der Waals surface area contributed by atoms with Crippen molar-refractivity contribution >= 4 is 5.78 Å². The summed E-state index contributed by atoms with van der Waals surface area (Å²) >= 11 is 0. The zero-order valence-corrected chi connectivity index (χ0v) is 7.38. The second-order valence-electron chi connectivity index (χ2n) is 3.46. The lowest BCUT2D eigenvalue weighted by Crippen LogP contribution is -2.44. The summed E-state index contributed by atoms with van der Waals surface area (Å²) in [4.78, 5) is 11.5. The number of ketones is 1. The van der Waals surface area contributed by atoms with Crippen LogP contribution in [-0.2, 0) is 9.53 Å². The summed E-state index contributed by atoms with van der Waals surface area (Å²) in [5.41, 5.74) is 5.27. The average Bonchev–Trinajstić information content (AvgIpc) is 2.34. The van der Waals surface area contributed by atoms with Gasteiger partial charge in [-0.1, -0.05) is 6.08 Å². The summed E-state index contributed by atoms with van der Waals surface area (Å²) in [6.07, 6.45) is 1.99. The highest BCUT2D eigenvalue weighted by Gasteiger charge is 2.42.